The number of aliphatic hydroxyl groups excluding tert-OH is 1. The zero-order chi connectivity index (χ0) is 24.6. The molecule has 0 unspecified atom stereocenters. The number of carbonyl (C=O) groups is 3. The van der Waals surface area contributed by atoms with Gasteiger partial charge in [-0.25, -0.2) is 14.4 Å². The fourth-order valence-electron chi connectivity index (χ4n) is 1.97. The number of carboxylic acids is 3. The van der Waals surface area contributed by atoms with Crippen molar-refractivity contribution in [3.63, 3.8) is 0 Å². The largest absolute Gasteiger partial charge is 0.478 e. The molecular formula is C24H32O7Ti. The molecule has 174 valence electrons. The number of hydrogen-bond acceptors (Lipinski definition) is 4. The van der Waals surface area contributed by atoms with Gasteiger partial charge in [0.1, 0.15) is 0 Å². The van der Waals surface area contributed by atoms with Crippen LogP contribution in [-0.2, 0) is 36.1 Å². The minimum atomic E-state index is -0.935. The van der Waals surface area contributed by atoms with Crippen molar-refractivity contribution in [1.82, 2.24) is 0 Å². The molecular weight excluding hydrogens is 448 g/mol. The summed E-state index contributed by atoms with van der Waals surface area (Å²) >= 11 is 0. The van der Waals surface area contributed by atoms with Gasteiger partial charge in [-0.2, -0.15) is 0 Å². The van der Waals surface area contributed by atoms with E-state index in [-0.39, 0.29) is 45.0 Å². The first-order chi connectivity index (χ1) is 14.3. The molecule has 2 rings (SSSR count). The molecule has 2 aliphatic rings. The molecule has 0 aromatic carbocycles. The Bertz CT molecular complexity index is 643. The molecule has 32 heavy (non-hydrogen) atoms. The Balaban J connectivity index is -0.000000381. The minimum absolute atomic E-state index is 0. The van der Waals surface area contributed by atoms with Gasteiger partial charge in [-0.05, 0) is 20.8 Å². The summed E-state index contributed by atoms with van der Waals surface area (Å²) in [6.07, 6.45) is 16.8. The van der Waals surface area contributed by atoms with Crippen molar-refractivity contribution in [1.29, 1.82) is 0 Å². The van der Waals surface area contributed by atoms with Gasteiger partial charge in [0.25, 0.3) is 0 Å². The Kier molecular flexibility index (Phi) is 20.1. The predicted octanol–water partition coefficient (Wildman–Crippen LogP) is 4.02. The topological polar surface area (TPSA) is 132 Å². The Morgan fingerprint density at radius 2 is 0.875 bits per heavy atom. The summed E-state index contributed by atoms with van der Waals surface area (Å²) in [5, 5.41) is 33.0. The number of carboxylic acid groups (broad SMARTS) is 3. The molecule has 0 aromatic rings. The number of allylic oxidation sites excluding steroid dienone is 8. The minimum Gasteiger partial charge on any atom is -0.478 e. The number of aliphatic carboxylic acids is 3. The van der Waals surface area contributed by atoms with Gasteiger partial charge < -0.3 is 20.4 Å². The quantitative estimate of drug-likeness (QED) is 0.334. The van der Waals surface area contributed by atoms with Crippen LogP contribution in [0.2, 0.25) is 0 Å². The number of hydrogen-bond donors (Lipinski definition) is 4. The van der Waals surface area contributed by atoms with Gasteiger partial charge in [0.15, 0.2) is 0 Å². The second-order valence-corrected chi connectivity index (χ2v) is 6.80. The summed E-state index contributed by atoms with van der Waals surface area (Å²) in [7, 11) is 0. The van der Waals surface area contributed by atoms with E-state index in [4.69, 9.17) is 15.3 Å². The van der Waals surface area contributed by atoms with Crippen molar-refractivity contribution >= 4 is 17.9 Å². The van der Waals surface area contributed by atoms with Gasteiger partial charge in [0.2, 0.25) is 0 Å². The van der Waals surface area contributed by atoms with Crippen LogP contribution in [0.25, 0.3) is 0 Å². The molecule has 0 aromatic heterocycles. The third-order valence-electron chi connectivity index (χ3n) is 3.85. The van der Waals surface area contributed by atoms with Gasteiger partial charge >= 0.3 is 17.9 Å². The average Bonchev–Trinajstić information content (AvgIpc) is 3.38. The SMILES string of the molecule is C=C(C)C(=O)O.C=C(C)C(=O)O.C=C(C)C(=O)O.OCC(C1C=CC=C1)C1C=CC=C1.[Ti]. The van der Waals surface area contributed by atoms with Gasteiger partial charge in [-0.15, -0.1) is 0 Å². The van der Waals surface area contributed by atoms with Gasteiger partial charge in [0, 0.05) is 62.8 Å². The molecule has 4 N–H and O–H groups in total. The van der Waals surface area contributed by atoms with E-state index in [2.05, 4.69) is 68.3 Å². The second kappa shape index (κ2) is 19.0. The van der Waals surface area contributed by atoms with Crippen LogP contribution in [0.1, 0.15) is 20.8 Å². The smallest absolute Gasteiger partial charge is 0.330 e. The van der Waals surface area contributed by atoms with Crippen LogP contribution in [0.5, 0.6) is 0 Å². The maximum Gasteiger partial charge on any atom is 0.330 e. The first-order valence-electron chi connectivity index (χ1n) is 9.32. The van der Waals surface area contributed by atoms with Crippen molar-refractivity contribution < 1.29 is 56.5 Å². The molecule has 0 saturated carbocycles. The van der Waals surface area contributed by atoms with Crippen molar-refractivity contribution in [2.24, 2.45) is 17.8 Å². The first kappa shape index (κ1) is 33.9. The summed E-state index contributed by atoms with van der Waals surface area (Å²) in [6, 6.07) is 0. The Labute approximate surface area is 204 Å². The molecule has 0 bridgehead atoms. The van der Waals surface area contributed by atoms with Crippen molar-refractivity contribution in [2.45, 2.75) is 20.8 Å². The van der Waals surface area contributed by atoms with Gasteiger partial charge in [-0.1, -0.05) is 68.3 Å². The van der Waals surface area contributed by atoms with Crippen LogP contribution >= 0.6 is 0 Å². The van der Waals surface area contributed by atoms with E-state index < -0.39 is 17.9 Å². The standard InChI is InChI=1S/C12H14O.3C4H6O2.Ti/c13-9-12(10-5-1-2-6-10)11-7-3-4-8-11;3*1-3(2)4(5)6;/h1-8,10-13H,9H2;3*1H2,2H3,(H,5,6);. The van der Waals surface area contributed by atoms with E-state index in [0.29, 0.717) is 17.8 Å². The second-order valence-electron chi connectivity index (χ2n) is 6.80. The molecule has 8 heteroatoms. The summed E-state index contributed by atoms with van der Waals surface area (Å²) < 4.78 is 0. The Morgan fingerprint density at radius 1 is 0.688 bits per heavy atom. The summed E-state index contributed by atoms with van der Waals surface area (Å²) in [6.45, 7) is 14.1. The van der Waals surface area contributed by atoms with Crippen LogP contribution in [-0.4, -0.2) is 44.9 Å². The van der Waals surface area contributed by atoms with Crippen molar-refractivity contribution in [2.75, 3.05) is 6.61 Å². The molecule has 0 spiro atoms. The molecule has 0 saturated heterocycles. The van der Waals surface area contributed by atoms with Crippen LogP contribution in [0.15, 0.2) is 85.1 Å². The fourth-order valence-corrected chi connectivity index (χ4v) is 1.97. The Hall–Kier alpha value is -2.74. The van der Waals surface area contributed by atoms with E-state index >= 15 is 0 Å². The summed E-state index contributed by atoms with van der Waals surface area (Å²) in [4.78, 5) is 28.8. The molecule has 0 radical (unpaired) electrons. The monoisotopic (exact) mass is 480 g/mol. The zero-order valence-electron chi connectivity index (χ0n) is 18.7. The van der Waals surface area contributed by atoms with E-state index in [1.54, 1.807) is 0 Å². The molecule has 0 aliphatic heterocycles. The first-order valence-corrected chi connectivity index (χ1v) is 9.32. The maximum absolute atomic E-state index is 9.60. The molecule has 0 heterocycles. The van der Waals surface area contributed by atoms with E-state index in [1.165, 1.54) is 20.8 Å². The predicted molar refractivity (Wildman–Crippen MR) is 121 cm³/mol. The van der Waals surface area contributed by atoms with Gasteiger partial charge in [0.05, 0.1) is 0 Å². The number of aliphatic hydroxyl groups is 1. The molecule has 0 atom stereocenters. The van der Waals surface area contributed by atoms with Gasteiger partial charge in [-0.3, -0.25) is 0 Å². The summed E-state index contributed by atoms with van der Waals surface area (Å²) in [5.41, 5.74) is 0.528. The zero-order valence-corrected chi connectivity index (χ0v) is 20.3. The summed E-state index contributed by atoms with van der Waals surface area (Å²) in [5.74, 6) is -1.69. The van der Waals surface area contributed by atoms with Crippen molar-refractivity contribution in [3.05, 3.63) is 85.1 Å². The van der Waals surface area contributed by atoms with E-state index in [1.807, 2.05) is 0 Å². The Morgan fingerprint density at radius 3 is 1.00 bits per heavy atom. The van der Waals surface area contributed by atoms with Crippen LogP contribution in [0.3, 0.4) is 0 Å². The average molecular weight is 480 g/mol. The maximum atomic E-state index is 9.60. The fraction of sp³-hybridized carbons (Fsp3) is 0.292. The molecule has 2 aliphatic carbocycles. The third-order valence-corrected chi connectivity index (χ3v) is 3.85. The third kappa shape index (κ3) is 17.0. The van der Waals surface area contributed by atoms with Crippen molar-refractivity contribution in [3.8, 4) is 0 Å². The molecule has 0 fully saturated rings. The van der Waals surface area contributed by atoms with Crippen LogP contribution in [0, 0.1) is 17.8 Å². The molecule has 0 amide bonds. The van der Waals surface area contributed by atoms with Crippen LogP contribution < -0.4 is 0 Å². The normalized spacial score (nSPS) is 12.9. The number of rotatable bonds is 6. The van der Waals surface area contributed by atoms with E-state index in [0.717, 1.165) is 0 Å². The van der Waals surface area contributed by atoms with Crippen LogP contribution in [0.4, 0.5) is 0 Å². The van der Waals surface area contributed by atoms with E-state index in [9.17, 15) is 19.5 Å². The molecule has 7 nitrogen and oxygen atoms in total.